The van der Waals surface area contributed by atoms with Gasteiger partial charge in [-0.15, -0.1) is 0 Å². The van der Waals surface area contributed by atoms with Crippen molar-refractivity contribution in [2.75, 3.05) is 5.32 Å². The third-order valence-corrected chi connectivity index (χ3v) is 3.49. The van der Waals surface area contributed by atoms with Gasteiger partial charge in [0, 0.05) is 12.2 Å². The first-order chi connectivity index (χ1) is 9.08. The molecule has 1 N–H and O–H groups in total. The Kier molecular flexibility index (Phi) is 4.43. The first-order valence-corrected chi connectivity index (χ1v) is 6.72. The third kappa shape index (κ3) is 3.48. The maximum absolute atomic E-state index is 13.3. The fourth-order valence-corrected chi connectivity index (χ4v) is 2.08. The highest BCUT2D eigenvalue weighted by molar-refractivity contribution is 6.31. The zero-order chi connectivity index (χ0) is 13.8. The van der Waals surface area contributed by atoms with Gasteiger partial charge in [0.25, 0.3) is 0 Å². The van der Waals surface area contributed by atoms with Crippen LogP contribution in [0.4, 0.5) is 10.1 Å². The SMILES string of the molecule is CC(C)c1cccc(NCc2cccc(F)c2Cl)c1. The molecule has 0 aliphatic heterocycles. The molecule has 0 aromatic heterocycles. The Morgan fingerprint density at radius 3 is 2.63 bits per heavy atom. The van der Waals surface area contributed by atoms with E-state index in [0.29, 0.717) is 12.5 Å². The molecule has 0 radical (unpaired) electrons. The van der Waals surface area contributed by atoms with E-state index in [4.69, 9.17) is 11.6 Å². The number of rotatable bonds is 4. The molecule has 100 valence electrons. The van der Waals surface area contributed by atoms with Crippen molar-refractivity contribution >= 4 is 17.3 Å². The molecule has 0 aliphatic carbocycles. The fraction of sp³-hybridized carbons (Fsp3) is 0.250. The van der Waals surface area contributed by atoms with Crippen LogP contribution in [0.1, 0.15) is 30.9 Å². The van der Waals surface area contributed by atoms with E-state index in [0.717, 1.165) is 11.3 Å². The van der Waals surface area contributed by atoms with Crippen molar-refractivity contribution in [3.05, 3.63) is 64.4 Å². The minimum Gasteiger partial charge on any atom is -0.381 e. The van der Waals surface area contributed by atoms with Crippen LogP contribution in [0.5, 0.6) is 0 Å². The molecule has 0 saturated carbocycles. The average molecular weight is 278 g/mol. The van der Waals surface area contributed by atoms with Crippen molar-refractivity contribution < 1.29 is 4.39 Å². The van der Waals surface area contributed by atoms with E-state index in [-0.39, 0.29) is 10.8 Å². The van der Waals surface area contributed by atoms with E-state index < -0.39 is 0 Å². The van der Waals surface area contributed by atoms with Crippen molar-refractivity contribution in [3.63, 3.8) is 0 Å². The summed E-state index contributed by atoms with van der Waals surface area (Å²) in [6.07, 6.45) is 0. The maximum atomic E-state index is 13.3. The Balaban J connectivity index is 2.10. The highest BCUT2D eigenvalue weighted by Gasteiger charge is 2.05. The minimum atomic E-state index is -0.378. The summed E-state index contributed by atoms with van der Waals surface area (Å²) in [5.41, 5.74) is 3.05. The molecule has 0 saturated heterocycles. The lowest BCUT2D eigenvalue weighted by Gasteiger charge is -2.11. The second kappa shape index (κ2) is 6.07. The van der Waals surface area contributed by atoms with Crippen LogP contribution in [-0.2, 0) is 6.54 Å². The molecule has 0 aliphatic rings. The van der Waals surface area contributed by atoms with Crippen LogP contribution < -0.4 is 5.32 Å². The van der Waals surface area contributed by atoms with Gasteiger partial charge in [-0.2, -0.15) is 0 Å². The lowest BCUT2D eigenvalue weighted by Crippen LogP contribution is -2.01. The Bertz CT molecular complexity index is 566. The van der Waals surface area contributed by atoms with Crippen LogP contribution in [-0.4, -0.2) is 0 Å². The van der Waals surface area contributed by atoms with Crippen LogP contribution in [0.3, 0.4) is 0 Å². The largest absolute Gasteiger partial charge is 0.381 e. The molecular formula is C16H17ClFN. The first kappa shape index (κ1) is 13.9. The van der Waals surface area contributed by atoms with Gasteiger partial charge in [0.05, 0.1) is 5.02 Å². The van der Waals surface area contributed by atoms with Gasteiger partial charge in [-0.25, -0.2) is 4.39 Å². The summed E-state index contributed by atoms with van der Waals surface area (Å²) in [4.78, 5) is 0. The molecule has 2 aromatic carbocycles. The topological polar surface area (TPSA) is 12.0 Å². The zero-order valence-electron chi connectivity index (χ0n) is 11.1. The van der Waals surface area contributed by atoms with Gasteiger partial charge in [-0.3, -0.25) is 0 Å². The molecule has 0 spiro atoms. The summed E-state index contributed by atoms with van der Waals surface area (Å²) in [5, 5.41) is 3.46. The Hall–Kier alpha value is -1.54. The second-order valence-electron chi connectivity index (χ2n) is 4.85. The van der Waals surface area contributed by atoms with Gasteiger partial charge >= 0.3 is 0 Å². The van der Waals surface area contributed by atoms with Crippen LogP contribution in [0, 0.1) is 5.82 Å². The van der Waals surface area contributed by atoms with E-state index in [9.17, 15) is 4.39 Å². The number of anilines is 1. The Morgan fingerprint density at radius 2 is 1.89 bits per heavy atom. The molecule has 19 heavy (non-hydrogen) atoms. The summed E-state index contributed by atoms with van der Waals surface area (Å²) < 4.78 is 13.3. The van der Waals surface area contributed by atoms with Crippen molar-refractivity contribution in [3.8, 4) is 0 Å². The molecule has 0 bridgehead atoms. The van der Waals surface area contributed by atoms with Gasteiger partial charge in [0.15, 0.2) is 0 Å². The lowest BCUT2D eigenvalue weighted by molar-refractivity contribution is 0.626. The van der Waals surface area contributed by atoms with E-state index in [2.05, 4.69) is 31.3 Å². The summed E-state index contributed by atoms with van der Waals surface area (Å²) in [6.45, 7) is 4.82. The molecule has 0 amide bonds. The molecule has 2 aromatic rings. The van der Waals surface area contributed by atoms with Crippen LogP contribution in [0.15, 0.2) is 42.5 Å². The highest BCUT2D eigenvalue weighted by Crippen LogP contribution is 2.22. The van der Waals surface area contributed by atoms with Crippen molar-refractivity contribution in [1.82, 2.24) is 0 Å². The standard InChI is InChI=1S/C16H17ClFN/c1-11(2)12-5-3-7-14(9-12)19-10-13-6-4-8-15(18)16(13)17/h3-9,11,19H,10H2,1-2H3. The van der Waals surface area contributed by atoms with Crippen LogP contribution in [0.25, 0.3) is 0 Å². The second-order valence-corrected chi connectivity index (χ2v) is 5.22. The number of hydrogen-bond donors (Lipinski definition) is 1. The van der Waals surface area contributed by atoms with E-state index in [1.807, 2.05) is 18.2 Å². The average Bonchev–Trinajstić information content (AvgIpc) is 2.41. The third-order valence-electron chi connectivity index (χ3n) is 3.07. The summed E-state index contributed by atoms with van der Waals surface area (Å²) in [5.74, 6) is 0.108. The molecule has 2 rings (SSSR count). The summed E-state index contributed by atoms with van der Waals surface area (Å²) in [6, 6.07) is 13.1. The predicted molar refractivity (Wildman–Crippen MR) is 79.3 cm³/mol. The Morgan fingerprint density at radius 1 is 1.16 bits per heavy atom. The normalized spacial score (nSPS) is 10.8. The number of benzene rings is 2. The van der Waals surface area contributed by atoms with Crippen LogP contribution >= 0.6 is 11.6 Å². The minimum absolute atomic E-state index is 0.190. The fourth-order valence-electron chi connectivity index (χ4n) is 1.89. The van der Waals surface area contributed by atoms with Gasteiger partial charge in [0.1, 0.15) is 5.82 Å². The highest BCUT2D eigenvalue weighted by atomic mass is 35.5. The van der Waals surface area contributed by atoms with Gasteiger partial charge in [-0.05, 0) is 35.2 Å². The molecule has 3 heteroatoms. The van der Waals surface area contributed by atoms with E-state index >= 15 is 0 Å². The van der Waals surface area contributed by atoms with E-state index in [1.165, 1.54) is 11.6 Å². The smallest absolute Gasteiger partial charge is 0.142 e. The van der Waals surface area contributed by atoms with Crippen LogP contribution in [0.2, 0.25) is 5.02 Å². The molecule has 0 unspecified atom stereocenters. The predicted octanol–water partition coefficient (Wildman–Crippen LogP) is 5.21. The lowest BCUT2D eigenvalue weighted by atomic mass is 10.0. The monoisotopic (exact) mass is 277 g/mol. The molecular weight excluding hydrogens is 261 g/mol. The van der Waals surface area contributed by atoms with Gasteiger partial charge in [0.2, 0.25) is 0 Å². The molecule has 0 fully saturated rings. The molecule has 0 heterocycles. The quantitative estimate of drug-likeness (QED) is 0.808. The molecule has 0 atom stereocenters. The Labute approximate surface area is 118 Å². The number of halogens is 2. The number of nitrogens with one attached hydrogen (secondary N) is 1. The maximum Gasteiger partial charge on any atom is 0.142 e. The van der Waals surface area contributed by atoms with Crippen molar-refractivity contribution in [2.24, 2.45) is 0 Å². The van der Waals surface area contributed by atoms with Gasteiger partial charge in [-0.1, -0.05) is 49.7 Å². The summed E-state index contributed by atoms with van der Waals surface area (Å²) in [7, 11) is 0. The van der Waals surface area contributed by atoms with Gasteiger partial charge < -0.3 is 5.32 Å². The number of hydrogen-bond acceptors (Lipinski definition) is 1. The first-order valence-electron chi connectivity index (χ1n) is 6.34. The van der Waals surface area contributed by atoms with Crippen molar-refractivity contribution in [2.45, 2.75) is 26.3 Å². The van der Waals surface area contributed by atoms with Crippen molar-refractivity contribution in [1.29, 1.82) is 0 Å². The summed E-state index contributed by atoms with van der Waals surface area (Å²) >= 11 is 5.93. The van der Waals surface area contributed by atoms with E-state index in [1.54, 1.807) is 6.07 Å². The molecule has 1 nitrogen and oxygen atoms in total. The zero-order valence-corrected chi connectivity index (χ0v) is 11.8.